The first-order valence-corrected chi connectivity index (χ1v) is 16.6. The second kappa shape index (κ2) is 56.9. The van der Waals surface area contributed by atoms with E-state index in [4.69, 9.17) is 91.2 Å². The molecule has 0 aromatic heterocycles. The van der Waals surface area contributed by atoms with Crippen LogP contribution in [0.1, 0.15) is 20.8 Å². The lowest BCUT2D eigenvalue weighted by Crippen LogP contribution is -2.37. The number of aliphatic hydroxyl groups is 10. The normalized spacial score (nSPS) is 9.00. The third kappa shape index (κ3) is 79.6. The molecule has 0 heterocycles. The van der Waals surface area contributed by atoms with Crippen molar-refractivity contribution in [1.82, 2.24) is 0 Å². The fraction of sp³-hybridized carbons (Fsp3) is 0.514. The number of rotatable bonds is 21. The highest BCUT2D eigenvalue weighted by Gasteiger charge is 2.27. The number of carboxylic acid groups (broad SMARTS) is 6. The summed E-state index contributed by atoms with van der Waals surface area (Å²) in [7, 11) is 0. The van der Waals surface area contributed by atoms with Crippen LogP contribution in [0, 0.1) is 10.8 Å². The standard InChI is InChI=1S/C6H14O4.2C5H12O4.3C4H6O2.3C3H4O2/c7-1-3-9-5-6-10-4-2-8;2*6-1-5(2-7,3-8)4-9;3*1-3(2)4(5)6;3*1-2-3(4)5/h7-8H,1-6H2;2*6-9H,1-4H2;3*1H2,2H3,(H,5,6);3*2H,1H2,(H,4,5). The van der Waals surface area contributed by atoms with E-state index in [1.54, 1.807) is 0 Å². The van der Waals surface area contributed by atoms with E-state index in [2.05, 4.69) is 39.5 Å². The summed E-state index contributed by atoms with van der Waals surface area (Å²) in [5, 5.41) is 131. The molecule has 24 nitrogen and oxygen atoms in total. The van der Waals surface area contributed by atoms with Gasteiger partial charge >= 0.3 is 35.8 Å². The molecule has 0 aromatic carbocycles. The van der Waals surface area contributed by atoms with E-state index >= 15 is 0 Å². The van der Waals surface area contributed by atoms with Crippen molar-refractivity contribution >= 4 is 35.8 Å². The molecule has 0 saturated carbocycles. The van der Waals surface area contributed by atoms with Crippen LogP contribution in [0.4, 0.5) is 0 Å². The Bertz CT molecular complexity index is 991. The second-order valence-corrected chi connectivity index (χ2v) is 10.8. The first-order chi connectivity index (χ1) is 28.1. The molecule has 0 aliphatic carbocycles. The molecule has 0 rings (SSSR count). The zero-order chi connectivity index (χ0) is 50.6. The zero-order valence-corrected chi connectivity index (χ0v) is 34.8. The summed E-state index contributed by atoms with van der Waals surface area (Å²) < 4.78 is 9.75. The minimum atomic E-state index is -1.11. The van der Waals surface area contributed by atoms with E-state index < -0.39 is 99.5 Å². The van der Waals surface area contributed by atoms with Gasteiger partial charge in [-0.2, -0.15) is 0 Å². The number of carbonyl (C=O) groups is 6. The monoisotopic (exact) mass is 896 g/mol. The van der Waals surface area contributed by atoms with Gasteiger partial charge in [0.05, 0.1) is 103 Å². The van der Waals surface area contributed by atoms with Crippen molar-refractivity contribution in [3.8, 4) is 0 Å². The summed E-state index contributed by atoms with van der Waals surface area (Å²) in [5.41, 5.74) is -1.69. The lowest BCUT2D eigenvalue weighted by atomic mass is 9.93. The maximum absolute atomic E-state index is 9.60. The van der Waals surface area contributed by atoms with Gasteiger partial charge in [-0.1, -0.05) is 39.5 Å². The Morgan fingerprint density at radius 1 is 0.393 bits per heavy atom. The third-order valence-electron chi connectivity index (χ3n) is 5.15. The topological polar surface area (TPSA) is 445 Å². The van der Waals surface area contributed by atoms with Crippen LogP contribution in [0.25, 0.3) is 0 Å². The average molecular weight is 897 g/mol. The molecule has 0 bridgehead atoms. The smallest absolute Gasteiger partial charge is 0.330 e. The molecule has 0 aliphatic rings. The lowest BCUT2D eigenvalue weighted by Gasteiger charge is -2.23. The van der Waals surface area contributed by atoms with Gasteiger partial charge in [0.15, 0.2) is 0 Å². The maximum atomic E-state index is 9.60. The first kappa shape index (κ1) is 76.5. The van der Waals surface area contributed by atoms with Gasteiger partial charge < -0.3 is 91.2 Å². The van der Waals surface area contributed by atoms with E-state index in [0.717, 1.165) is 18.2 Å². The molecule has 61 heavy (non-hydrogen) atoms. The Labute approximate surface area is 354 Å². The van der Waals surface area contributed by atoms with E-state index in [-0.39, 0.29) is 29.9 Å². The van der Waals surface area contributed by atoms with Gasteiger partial charge in [-0.15, -0.1) is 0 Å². The van der Waals surface area contributed by atoms with Gasteiger partial charge in [-0.25, -0.2) is 28.8 Å². The van der Waals surface area contributed by atoms with Gasteiger partial charge in [0, 0.05) is 34.9 Å². The van der Waals surface area contributed by atoms with Crippen molar-refractivity contribution < 1.29 is 120 Å². The van der Waals surface area contributed by atoms with Gasteiger partial charge in [0.1, 0.15) is 0 Å². The maximum Gasteiger partial charge on any atom is 0.330 e. The fourth-order valence-electron chi connectivity index (χ4n) is 1.05. The average Bonchev–Trinajstić information content (AvgIpc) is 3.23. The number of hydrogen-bond donors (Lipinski definition) is 16. The van der Waals surface area contributed by atoms with Crippen molar-refractivity contribution in [1.29, 1.82) is 0 Å². The van der Waals surface area contributed by atoms with Crippen molar-refractivity contribution in [2.24, 2.45) is 10.8 Å². The van der Waals surface area contributed by atoms with Gasteiger partial charge in [0.2, 0.25) is 0 Å². The molecule has 0 amide bonds. The highest BCUT2D eigenvalue weighted by molar-refractivity contribution is 5.85. The van der Waals surface area contributed by atoms with Crippen molar-refractivity contribution in [3.63, 3.8) is 0 Å². The Kier molecular flexibility index (Phi) is 71.3. The predicted molar refractivity (Wildman–Crippen MR) is 218 cm³/mol. The number of carboxylic acids is 6. The van der Waals surface area contributed by atoms with Crippen molar-refractivity contribution in [3.05, 3.63) is 74.4 Å². The van der Waals surface area contributed by atoms with Crippen LogP contribution in [0.3, 0.4) is 0 Å². The van der Waals surface area contributed by atoms with Crippen molar-refractivity contribution in [2.75, 3.05) is 92.5 Å². The summed E-state index contributed by atoms with van der Waals surface area (Å²) in [6, 6.07) is 0. The van der Waals surface area contributed by atoms with Gasteiger partial charge in [0.25, 0.3) is 0 Å². The Hall–Kier alpha value is -5.22. The fourth-order valence-corrected chi connectivity index (χ4v) is 1.05. The quantitative estimate of drug-likeness (QED) is 0.0422. The predicted octanol–water partition coefficient (Wildman–Crippen LogP) is -2.40. The second-order valence-electron chi connectivity index (χ2n) is 10.8. The minimum Gasteiger partial charge on any atom is -0.478 e. The molecule has 0 unspecified atom stereocenters. The molecular weight excluding hydrogens is 828 g/mol. The Balaban J connectivity index is -0.0000000721. The summed E-state index contributed by atoms with van der Waals surface area (Å²) in [6.45, 7) is 21.2. The highest BCUT2D eigenvalue weighted by atomic mass is 16.5. The van der Waals surface area contributed by atoms with Crippen LogP contribution in [-0.2, 0) is 38.2 Å². The van der Waals surface area contributed by atoms with Crippen LogP contribution in [-0.4, -0.2) is 210 Å². The number of ether oxygens (including phenoxy) is 2. The van der Waals surface area contributed by atoms with Crippen LogP contribution in [0.15, 0.2) is 74.4 Å². The Morgan fingerprint density at radius 2 is 0.525 bits per heavy atom. The van der Waals surface area contributed by atoms with Crippen LogP contribution < -0.4 is 0 Å². The molecule has 0 aromatic rings. The SMILES string of the molecule is C=C(C)C(=O)O.C=C(C)C(=O)O.C=C(C)C(=O)O.C=CC(=O)O.C=CC(=O)O.C=CC(=O)O.OCC(CO)(CO)CO.OCC(CO)(CO)CO.OCCOCCOCCO. The molecule has 0 atom stereocenters. The molecule has 0 fully saturated rings. The zero-order valence-electron chi connectivity index (χ0n) is 34.8. The molecule has 0 aliphatic heterocycles. The summed E-state index contributed by atoms with van der Waals surface area (Å²) in [5.74, 6) is -5.75. The molecule has 0 radical (unpaired) electrons. The molecular formula is C37H68O24. The molecule has 16 N–H and O–H groups in total. The van der Waals surface area contributed by atoms with Gasteiger partial charge in [-0.3, -0.25) is 0 Å². The lowest BCUT2D eigenvalue weighted by molar-refractivity contribution is -0.133. The molecule has 360 valence electrons. The number of aliphatic carboxylic acids is 6. The van der Waals surface area contributed by atoms with Crippen molar-refractivity contribution in [2.45, 2.75) is 20.8 Å². The molecule has 24 heteroatoms. The van der Waals surface area contributed by atoms with E-state index in [1.807, 2.05) is 0 Å². The van der Waals surface area contributed by atoms with E-state index in [9.17, 15) is 28.8 Å². The van der Waals surface area contributed by atoms with Crippen LogP contribution in [0.5, 0.6) is 0 Å². The summed E-state index contributed by atoms with van der Waals surface area (Å²) in [4.78, 5) is 56.5. The Morgan fingerprint density at radius 3 is 0.574 bits per heavy atom. The largest absolute Gasteiger partial charge is 0.478 e. The summed E-state index contributed by atoms with van der Waals surface area (Å²) in [6.07, 6.45) is 2.50. The van der Waals surface area contributed by atoms with Crippen LogP contribution in [0.2, 0.25) is 0 Å². The molecule has 0 spiro atoms. The highest BCUT2D eigenvalue weighted by Crippen LogP contribution is 2.12. The minimum absolute atomic E-state index is 0.0417. The number of hydrogen-bond acceptors (Lipinski definition) is 18. The first-order valence-electron chi connectivity index (χ1n) is 16.6. The number of aliphatic hydroxyl groups excluding tert-OH is 10. The molecule has 0 saturated heterocycles. The van der Waals surface area contributed by atoms with Crippen LogP contribution >= 0.6 is 0 Å². The van der Waals surface area contributed by atoms with E-state index in [0.29, 0.717) is 26.4 Å². The summed E-state index contributed by atoms with van der Waals surface area (Å²) >= 11 is 0. The van der Waals surface area contributed by atoms with E-state index in [1.165, 1.54) is 20.8 Å². The third-order valence-corrected chi connectivity index (χ3v) is 5.15. The van der Waals surface area contributed by atoms with Gasteiger partial charge in [-0.05, 0) is 20.8 Å².